The Balaban J connectivity index is 1.99. The maximum atomic E-state index is 12.0. The van der Waals surface area contributed by atoms with Gasteiger partial charge in [0.2, 0.25) is 17.7 Å². The summed E-state index contributed by atoms with van der Waals surface area (Å²) in [6, 6.07) is 0. The van der Waals surface area contributed by atoms with Crippen molar-refractivity contribution in [1.29, 1.82) is 0 Å². The smallest absolute Gasteiger partial charge is 0.232 e. The number of ketones is 1. The Labute approximate surface area is 160 Å². The molecule has 1 fully saturated rings. The molecule has 1 atom stereocenters. The van der Waals surface area contributed by atoms with Gasteiger partial charge in [0.05, 0.1) is 26.4 Å². The molecule has 0 radical (unpaired) electrons. The number of nitrogens with zero attached hydrogens (tertiary/aromatic N) is 1. The van der Waals surface area contributed by atoms with Crippen LogP contribution < -0.4 is 5.32 Å². The Morgan fingerprint density at radius 3 is 2.37 bits per heavy atom. The number of imide groups is 1. The third kappa shape index (κ3) is 8.62. The molecule has 0 saturated carbocycles. The lowest BCUT2D eigenvalue weighted by Gasteiger charge is -2.14. The number of carbonyl (C=O) groups is 4. The standard InChI is InChI=1S/C19H32N2O6/c1-4-15-13-18(24)21(19(15)25)8-5-17(23)20-7-10-27-12-11-26-9-6-16(22)14(2)3/h14-15H,4-13H2,1-3H3,(H,20,23). The van der Waals surface area contributed by atoms with Crippen molar-refractivity contribution >= 4 is 23.5 Å². The molecule has 8 heteroatoms. The Hall–Kier alpha value is -1.80. The molecule has 1 heterocycles. The van der Waals surface area contributed by atoms with Crippen LogP contribution in [0.3, 0.4) is 0 Å². The lowest BCUT2D eigenvalue weighted by Crippen LogP contribution is -2.36. The first-order valence-corrected chi connectivity index (χ1v) is 9.65. The molecule has 0 aromatic heterocycles. The van der Waals surface area contributed by atoms with E-state index in [1.165, 1.54) is 4.90 Å². The topological polar surface area (TPSA) is 102 Å². The maximum Gasteiger partial charge on any atom is 0.232 e. The van der Waals surface area contributed by atoms with E-state index in [1.807, 2.05) is 20.8 Å². The molecule has 1 unspecified atom stereocenters. The van der Waals surface area contributed by atoms with Gasteiger partial charge in [0.15, 0.2) is 0 Å². The normalized spacial score (nSPS) is 17.0. The van der Waals surface area contributed by atoms with E-state index in [1.54, 1.807) is 0 Å². The quantitative estimate of drug-likeness (QED) is 0.353. The Bertz CT molecular complexity index is 520. The van der Waals surface area contributed by atoms with Crippen molar-refractivity contribution in [1.82, 2.24) is 10.2 Å². The lowest BCUT2D eigenvalue weighted by atomic mass is 10.1. The number of rotatable bonds is 14. The second-order valence-corrected chi connectivity index (χ2v) is 6.89. The van der Waals surface area contributed by atoms with Crippen LogP contribution in [0.4, 0.5) is 0 Å². The van der Waals surface area contributed by atoms with Crippen molar-refractivity contribution in [3.63, 3.8) is 0 Å². The van der Waals surface area contributed by atoms with E-state index in [-0.39, 0.29) is 54.7 Å². The number of amides is 3. The average molecular weight is 384 g/mol. The molecule has 1 saturated heterocycles. The predicted octanol–water partition coefficient (Wildman–Crippen LogP) is 0.926. The first-order valence-electron chi connectivity index (χ1n) is 9.65. The van der Waals surface area contributed by atoms with Crippen LogP contribution in [0.1, 0.15) is 46.5 Å². The summed E-state index contributed by atoms with van der Waals surface area (Å²) in [6.07, 6.45) is 1.40. The van der Waals surface area contributed by atoms with Crippen LogP contribution in [0.5, 0.6) is 0 Å². The summed E-state index contributed by atoms with van der Waals surface area (Å²) in [6.45, 7) is 7.61. The van der Waals surface area contributed by atoms with Gasteiger partial charge in [0.25, 0.3) is 0 Å². The van der Waals surface area contributed by atoms with Crippen molar-refractivity contribution in [3.8, 4) is 0 Å². The van der Waals surface area contributed by atoms with E-state index in [0.29, 0.717) is 45.8 Å². The van der Waals surface area contributed by atoms with Crippen LogP contribution in [0.25, 0.3) is 0 Å². The minimum atomic E-state index is -0.236. The van der Waals surface area contributed by atoms with E-state index in [9.17, 15) is 19.2 Å². The molecular formula is C19H32N2O6. The minimum absolute atomic E-state index is 0.0308. The van der Waals surface area contributed by atoms with E-state index < -0.39 is 0 Å². The highest BCUT2D eigenvalue weighted by atomic mass is 16.5. The number of Topliss-reactive ketones (excluding diaryl/α,β-unsaturated/α-hetero) is 1. The number of hydrogen-bond acceptors (Lipinski definition) is 6. The molecule has 27 heavy (non-hydrogen) atoms. The van der Waals surface area contributed by atoms with Crippen LogP contribution in [0.15, 0.2) is 0 Å². The number of hydrogen-bond donors (Lipinski definition) is 1. The van der Waals surface area contributed by atoms with Gasteiger partial charge in [-0.3, -0.25) is 24.1 Å². The van der Waals surface area contributed by atoms with E-state index >= 15 is 0 Å². The third-order valence-electron chi connectivity index (χ3n) is 4.47. The van der Waals surface area contributed by atoms with Gasteiger partial charge in [0.1, 0.15) is 5.78 Å². The highest BCUT2D eigenvalue weighted by Gasteiger charge is 2.36. The summed E-state index contributed by atoms with van der Waals surface area (Å²) in [7, 11) is 0. The molecule has 1 N–H and O–H groups in total. The monoisotopic (exact) mass is 384 g/mol. The van der Waals surface area contributed by atoms with Gasteiger partial charge in [-0.15, -0.1) is 0 Å². The second kappa shape index (κ2) is 12.6. The Morgan fingerprint density at radius 1 is 1.11 bits per heavy atom. The van der Waals surface area contributed by atoms with Crippen LogP contribution in [-0.4, -0.2) is 67.9 Å². The first-order chi connectivity index (χ1) is 12.9. The van der Waals surface area contributed by atoms with Crippen molar-refractivity contribution in [2.24, 2.45) is 11.8 Å². The van der Waals surface area contributed by atoms with Gasteiger partial charge in [-0.05, 0) is 6.42 Å². The van der Waals surface area contributed by atoms with Crippen LogP contribution in [-0.2, 0) is 28.7 Å². The van der Waals surface area contributed by atoms with Gasteiger partial charge in [0, 0.05) is 44.2 Å². The molecule has 0 aromatic rings. The second-order valence-electron chi connectivity index (χ2n) is 6.89. The maximum absolute atomic E-state index is 12.0. The fourth-order valence-corrected chi connectivity index (χ4v) is 2.65. The summed E-state index contributed by atoms with van der Waals surface area (Å²) in [5.41, 5.74) is 0. The zero-order chi connectivity index (χ0) is 20.2. The summed E-state index contributed by atoms with van der Waals surface area (Å²) in [5.74, 6) is -0.613. The van der Waals surface area contributed by atoms with E-state index in [4.69, 9.17) is 9.47 Å². The van der Waals surface area contributed by atoms with Crippen LogP contribution >= 0.6 is 0 Å². The molecule has 1 aliphatic heterocycles. The summed E-state index contributed by atoms with van der Waals surface area (Å²) in [4.78, 5) is 48.1. The summed E-state index contributed by atoms with van der Waals surface area (Å²) < 4.78 is 10.6. The molecule has 8 nitrogen and oxygen atoms in total. The Kier molecular flexibility index (Phi) is 10.8. The summed E-state index contributed by atoms with van der Waals surface area (Å²) in [5, 5.41) is 2.69. The molecule has 1 aliphatic rings. The van der Waals surface area contributed by atoms with Gasteiger partial charge >= 0.3 is 0 Å². The average Bonchev–Trinajstić information content (AvgIpc) is 2.91. The predicted molar refractivity (Wildman–Crippen MR) is 98.8 cm³/mol. The minimum Gasteiger partial charge on any atom is -0.379 e. The molecule has 1 rings (SSSR count). The molecule has 0 aliphatic carbocycles. The number of carbonyl (C=O) groups excluding carboxylic acids is 4. The van der Waals surface area contributed by atoms with Gasteiger partial charge in [-0.25, -0.2) is 0 Å². The van der Waals surface area contributed by atoms with Gasteiger partial charge in [-0.1, -0.05) is 20.8 Å². The molecule has 0 aromatic carbocycles. The highest BCUT2D eigenvalue weighted by molar-refractivity contribution is 6.03. The van der Waals surface area contributed by atoms with Gasteiger partial charge < -0.3 is 14.8 Å². The largest absolute Gasteiger partial charge is 0.379 e. The Morgan fingerprint density at radius 2 is 1.78 bits per heavy atom. The van der Waals surface area contributed by atoms with Crippen LogP contribution in [0, 0.1) is 11.8 Å². The fraction of sp³-hybridized carbons (Fsp3) is 0.789. The zero-order valence-electron chi connectivity index (χ0n) is 16.6. The van der Waals surface area contributed by atoms with Gasteiger partial charge in [-0.2, -0.15) is 0 Å². The number of ether oxygens (including phenoxy) is 2. The third-order valence-corrected chi connectivity index (χ3v) is 4.47. The van der Waals surface area contributed by atoms with E-state index in [2.05, 4.69) is 5.32 Å². The van der Waals surface area contributed by atoms with Crippen molar-refractivity contribution in [2.75, 3.05) is 39.5 Å². The lowest BCUT2D eigenvalue weighted by molar-refractivity contribution is -0.139. The molecule has 3 amide bonds. The first kappa shape index (κ1) is 23.2. The molecular weight excluding hydrogens is 352 g/mol. The highest BCUT2D eigenvalue weighted by Crippen LogP contribution is 2.22. The molecule has 0 bridgehead atoms. The molecule has 154 valence electrons. The summed E-state index contributed by atoms with van der Waals surface area (Å²) >= 11 is 0. The SMILES string of the molecule is CCC1CC(=O)N(CCC(=O)NCCOCCOCCC(=O)C(C)C)C1=O. The number of likely N-dealkylation sites (tertiary alicyclic amines) is 1. The number of nitrogens with one attached hydrogen (secondary N) is 1. The van der Waals surface area contributed by atoms with Crippen molar-refractivity contribution < 1.29 is 28.7 Å². The zero-order valence-corrected chi connectivity index (χ0v) is 16.6. The van der Waals surface area contributed by atoms with Crippen molar-refractivity contribution in [2.45, 2.75) is 46.5 Å². The van der Waals surface area contributed by atoms with Crippen LogP contribution in [0.2, 0.25) is 0 Å². The molecule has 0 spiro atoms. The van der Waals surface area contributed by atoms with E-state index in [0.717, 1.165) is 0 Å². The fourth-order valence-electron chi connectivity index (χ4n) is 2.65. The van der Waals surface area contributed by atoms with Crippen molar-refractivity contribution in [3.05, 3.63) is 0 Å².